The van der Waals surface area contributed by atoms with Crippen molar-refractivity contribution in [1.29, 1.82) is 0 Å². The second-order valence-corrected chi connectivity index (χ2v) is 9.26. The van der Waals surface area contributed by atoms with Crippen molar-refractivity contribution in [1.82, 2.24) is 14.9 Å². The third kappa shape index (κ3) is 6.84. The number of thiophene rings is 1. The molecule has 1 unspecified atom stereocenters. The third-order valence-electron chi connectivity index (χ3n) is 4.92. The Morgan fingerprint density at radius 2 is 2.16 bits per heavy atom. The van der Waals surface area contributed by atoms with Gasteiger partial charge in [0.1, 0.15) is 10.7 Å². The van der Waals surface area contributed by atoms with Crippen molar-refractivity contribution >= 4 is 33.2 Å². The number of benzene rings is 1. The van der Waals surface area contributed by atoms with E-state index in [1.54, 1.807) is 13.2 Å². The van der Waals surface area contributed by atoms with Crippen LogP contribution in [0.4, 0.5) is 0 Å². The summed E-state index contributed by atoms with van der Waals surface area (Å²) in [5.41, 5.74) is 1.53. The van der Waals surface area contributed by atoms with E-state index in [-0.39, 0.29) is 18.3 Å². The highest BCUT2D eigenvalue weighted by atomic mass is 35.5. The van der Waals surface area contributed by atoms with Crippen molar-refractivity contribution in [3.63, 3.8) is 0 Å². The van der Waals surface area contributed by atoms with E-state index in [4.69, 9.17) is 26.1 Å². The molecule has 0 bridgehead atoms. The van der Waals surface area contributed by atoms with Gasteiger partial charge in [-0.1, -0.05) is 23.7 Å². The van der Waals surface area contributed by atoms with Crippen molar-refractivity contribution in [3.8, 4) is 11.1 Å². The van der Waals surface area contributed by atoms with Crippen LogP contribution in [0.1, 0.15) is 26.1 Å². The molecule has 7 nitrogen and oxygen atoms in total. The van der Waals surface area contributed by atoms with Crippen LogP contribution < -0.4 is 5.56 Å². The molecule has 1 atom stereocenters. The maximum atomic E-state index is 13.0. The summed E-state index contributed by atoms with van der Waals surface area (Å²) < 4.78 is 10.7. The van der Waals surface area contributed by atoms with Gasteiger partial charge in [-0.3, -0.25) is 9.69 Å². The highest BCUT2D eigenvalue weighted by molar-refractivity contribution is 7.17. The molecule has 0 saturated carbocycles. The zero-order chi connectivity index (χ0) is 23.1. The number of aliphatic hydroxyl groups excluding tert-OH is 1. The number of ether oxygens (including phenoxy) is 2. The molecule has 0 aliphatic rings. The molecule has 0 aliphatic carbocycles. The molecule has 174 valence electrons. The van der Waals surface area contributed by atoms with Crippen LogP contribution in [0, 0.1) is 0 Å². The van der Waals surface area contributed by atoms with E-state index in [2.05, 4.69) is 9.88 Å². The van der Waals surface area contributed by atoms with Gasteiger partial charge in [-0.2, -0.15) is 0 Å². The quantitative estimate of drug-likeness (QED) is 0.383. The van der Waals surface area contributed by atoms with E-state index in [0.717, 1.165) is 17.5 Å². The molecule has 0 aliphatic heterocycles. The lowest BCUT2D eigenvalue weighted by molar-refractivity contribution is -0.0106. The monoisotopic (exact) mass is 479 g/mol. The van der Waals surface area contributed by atoms with Crippen molar-refractivity contribution in [2.45, 2.75) is 39.0 Å². The Kier molecular flexibility index (Phi) is 9.22. The second-order valence-electron chi connectivity index (χ2n) is 7.97. The first kappa shape index (κ1) is 24.8. The third-order valence-corrected chi connectivity index (χ3v) is 6.02. The van der Waals surface area contributed by atoms with E-state index < -0.39 is 6.10 Å². The molecule has 32 heavy (non-hydrogen) atoms. The number of aromatic nitrogens is 2. The lowest BCUT2D eigenvalue weighted by Crippen LogP contribution is -2.37. The fourth-order valence-corrected chi connectivity index (χ4v) is 4.63. The Balaban J connectivity index is 1.80. The SMILES string of the molecule is COCCCN(Cc1nc2scc(-c3cccc(Cl)c3)c2c(=O)[nH]1)CC(O)COC(C)C. The molecular formula is C23H30ClN3O4S. The molecule has 0 spiro atoms. The van der Waals surface area contributed by atoms with Gasteiger partial charge in [0.25, 0.3) is 5.56 Å². The van der Waals surface area contributed by atoms with Gasteiger partial charge < -0.3 is 19.6 Å². The minimum Gasteiger partial charge on any atom is -0.389 e. The number of aliphatic hydroxyl groups is 1. The van der Waals surface area contributed by atoms with Crippen molar-refractivity contribution in [2.24, 2.45) is 0 Å². The van der Waals surface area contributed by atoms with Gasteiger partial charge in [0.05, 0.1) is 30.7 Å². The number of aromatic amines is 1. The summed E-state index contributed by atoms with van der Waals surface area (Å²) in [7, 11) is 1.66. The van der Waals surface area contributed by atoms with Crippen molar-refractivity contribution in [2.75, 3.05) is 33.4 Å². The van der Waals surface area contributed by atoms with Crippen molar-refractivity contribution in [3.05, 3.63) is 50.8 Å². The van der Waals surface area contributed by atoms with Crippen LogP contribution in [-0.2, 0) is 16.0 Å². The lowest BCUT2D eigenvalue weighted by atomic mass is 10.1. The molecule has 2 heterocycles. The van der Waals surface area contributed by atoms with E-state index in [9.17, 15) is 9.90 Å². The number of halogens is 1. The molecule has 0 fully saturated rings. The summed E-state index contributed by atoms with van der Waals surface area (Å²) >= 11 is 7.56. The molecule has 0 saturated heterocycles. The fraction of sp³-hybridized carbons (Fsp3) is 0.478. The predicted molar refractivity (Wildman–Crippen MR) is 130 cm³/mol. The Hall–Kier alpha value is -1.81. The number of H-pyrrole nitrogens is 1. The topological polar surface area (TPSA) is 87.7 Å². The summed E-state index contributed by atoms with van der Waals surface area (Å²) in [4.78, 5) is 23.3. The average molecular weight is 480 g/mol. The van der Waals surface area contributed by atoms with Gasteiger partial charge in [-0.25, -0.2) is 4.98 Å². The van der Waals surface area contributed by atoms with Crippen LogP contribution in [0.2, 0.25) is 5.02 Å². The summed E-state index contributed by atoms with van der Waals surface area (Å²) in [5.74, 6) is 0.566. The number of methoxy groups -OCH3 is 1. The Bertz CT molecular complexity index is 1070. The molecule has 9 heteroatoms. The number of hydrogen-bond donors (Lipinski definition) is 2. The highest BCUT2D eigenvalue weighted by Gasteiger charge is 2.17. The summed E-state index contributed by atoms with van der Waals surface area (Å²) in [6.07, 6.45) is 0.227. The van der Waals surface area contributed by atoms with E-state index >= 15 is 0 Å². The van der Waals surface area contributed by atoms with Crippen LogP contribution in [0.5, 0.6) is 0 Å². The molecule has 2 N–H and O–H groups in total. The van der Waals surface area contributed by atoms with Gasteiger partial charge in [0.15, 0.2) is 0 Å². The molecule has 1 aromatic carbocycles. The molecule has 3 rings (SSSR count). The number of fused-ring (bicyclic) bond motifs is 1. The standard InChI is InChI=1S/C23H30ClN3O4S/c1-15(2)31-13-18(28)11-27(8-5-9-30-3)12-20-25-22(29)21-19(14-32-23(21)26-20)16-6-4-7-17(24)10-16/h4,6-7,10,14-15,18,28H,5,8-9,11-13H2,1-3H3,(H,25,26,29). The second kappa shape index (κ2) is 11.9. The van der Waals surface area contributed by atoms with Gasteiger partial charge in [0, 0.05) is 42.8 Å². The average Bonchev–Trinajstić information content (AvgIpc) is 3.17. The molecule has 2 aromatic heterocycles. The first-order chi connectivity index (χ1) is 15.4. The maximum Gasteiger partial charge on any atom is 0.260 e. The van der Waals surface area contributed by atoms with Crippen LogP contribution in [0.15, 0.2) is 34.4 Å². The molecule has 3 aromatic rings. The highest BCUT2D eigenvalue weighted by Crippen LogP contribution is 2.32. The largest absolute Gasteiger partial charge is 0.389 e. The van der Waals surface area contributed by atoms with Crippen LogP contribution >= 0.6 is 22.9 Å². The summed E-state index contributed by atoms with van der Waals surface area (Å²) in [6, 6.07) is 7.44. The van der Waals surface area contributed by atoms with Crippen LogP contribution in [-0.4, -0.2) is 65.6 Å². The minimum absolute atomic E-state index is 0.0551. The molecular weight excluding hydrogens is 450 g/mol. The number of rotatable bonds is 12. The van der Waals surface area contributed by atoms with E-state index in [1.807, 2.05) is 37.4 Å². The van der Waals surface area contributed by atoms with E-state index in [0.29, 0.717) is 47.3 Å². The maximum absolute atomic E-state index is 13.0. The van der Waals surface area contributed by atoms with Gasteiger partial charge in [-0.15, -0.1) is 11.3 Å². The first-order valence-electron chi connectivity index (χ1n) is 10.6. The summed E-state index contributed by atoms with van der Waals surface area (Å²) in [5, 5.41) is 13.5. The number of hydrogen-bond acceptors (Lipinski definition) is 7. The Morgan fingerprint density at radius 3 is 2.88 bits per heavy atom. The normalized spacial score (nSPS) is 12.8. The molecule has 0 radical (unpaired) electrons. The van der Waals surface area contributed by atoms with Crippen LogP contribution in [0.25, 0.3) is 21.3 Å². The summed E-state index contributed by atoms with van der Waals surface area (Å²) in [6.45, 7) is 6.28. The lowest BCUT2D eigenvalue weighted by Gasteiger charge is -2.25. The first-order valence-corrected chi connectivity index (χ1v) is 11.9. The number of nitrogens with zero attached hydrogens (tertiary/aromatic N) is 2. The van der Waals surface area contributed by atoms with Gasteiger partial charge >= 0.3 is 0 Å². The van der Waals surface area contributed by atoms with Crippen molar-refractivity contribution < 1.29 is 14.6 Å². The van der Waals surface area contributed by atoms with Crippen LogP contribution in [0.3, 0.4) is 0 Å². The van der Waals surface area contributed by atoms with E-state index in [1.165, 1.54) is 11.3 Å². The predicted octanol–water partition coefficient (Wildman–Crippen LogP) is 3.93. The smallest absolute Gasteiger partial charge is 0.260 e. The fourth-order valence-electron chi connectivity index (χ4n) is 3.47. The Labute approximate surface area is 197 Å². The zero-order valence-electron chi connectivity index (χ0n) is 18.6. The minimum atomic E-state index is -0.633. The zero-order valence-corrected chi connectivity index (χ0v) is 20.2. The Morgan fingerprint density at radius 1 is 1.34 bits per heavy atom. The molecule has 0 amide bonds. The van der Waals surface area contributed by atoms with Gasteiger partial charge in [-0.05, 0) is 38.0 Å². The number of nitrogens with one attached hydrogen (secondary N) is 1. The van der Waals surface area contributed by atoms with Gasteiger partial charge in [0.2, 0.25) is 0 Å².